The van der Waals surface area contributed by atoms with E-state index in [4.69, 9.17) is 5.73 Å². The summed E-state index contributed by atoms with van der Waals surface area (Å²) in [6.45, 7) is 6.73. The fraction of sp³-hybridized carbons (Fsp3) is 0.278. The number of carbonyl (C=O) groups excluding carboxylic acids is 1. The highest BCUT2D eigenvalue weighted by atomic mass is 16.1. The van der Waals surface area contributed by atoms with Crippen molar-refractivity contribution in [1.29, 1.82) is 0 Å². The molecular weight excluding hydrogens is 260 g/mol. The minimum Gasteiger partial charge on any atom is -0.398 e. The molecule has 1 amide bonds. The van der Waals surface area contributed by atoms with Crippen LogP contribution in [0.3, 0.4) is 0 Å². The summed E-state index contributed by atoms with van der Waals surface area (Å²) >= 11 is 0. The molecule has 0 aliphatic carbocycles. The van der Waals surface area contributed by atoms with Gasteiger partial charge in [0, 0.05) is 17.6 Å². The number of hydrogen-bond donors (Lipinski definition) is 2. The van der Waals surface area contributed by atoms with Crippen molar-refractivity contribution in [2.75, 3.05) is 12.3 Å². The SMILES string of the molecule is Cc1ccc(N)c(C(=O)NCC(C)(C)c2ccccc2)c1. The van der Waals surface area contributed by atoms with Gasteiger partial charge in [-0.2, -0.15) is 0 Å². The Morgan fingerprint density at radius 3 is 2.48 bits per heavy atom. The number of benzene rings is 2. The number of rotatable bonds is 4. The van der Waals surface area contributed by atoms with E-state index in [1.165, 1.54) is 5.56 Å². The molecule has 2 aromatic carbocycles. The summed E-state index contributed by atoms with van der Waals surface area (Å²) in [7, 11) is 0. The quantitative estimate of drug-likeness (QED) is 0.845. The van der Waals surface area contributed by atoms with Gasteiger partial charge in [-0.1, -0.05) is 55.8 Å². The summed E-state index contributed by atoms with van der Waals surface area (Å²) < 4.78 is 0. The maximum Gasteiger partial charge on any atom is 0.253 e. The van der Waals surface area contributed by atoms with Crippen LogP contribution in [0.15, 0.2) is 48.5 Å². The molecule has 0 saturated heterocycles. The van der Waals surface area contributed by atoms with Crippen LogP contribution in [0.25, 0.3) is 0 Å². The second-order valence-electron chi connectivity index (χ2n) is 6.02. The van der Waals surface area contributed by atoms with E-state index in [-0.39, 0.29) is 11.3 Å². The summed E-state index contributed by atoms with van der Waals surface area (Å²) in [5, 5.41) is 2.99. The Labute approximate surface area is 126 Å². The summed E-state index contributed by atoms with van der Waals surface area (Å²) in [6.07, 6.45) is 0. The van der Waals surface area contributed by atoms with Crippen molar-refractivity contribution in [3.05, 3.63) is 65.2 Å². The lowest BCUT2D eigenvalue weighted by Crippen LogP contribution is -2.37. The van der Waals surface area contributed by atoms with Crippen LogP contribution in [0.1, 0.15) is 35.3 Å². The predicted molar refractivity (Wildman–Crippen MR) is 87.4 cm³/mol. The van der Waals surface area contributed by atoms with Crippen molar-refractivity contribution in [2.24, 2.45) is 0 Å². The van der Waals surface area contributed by atoms with Gasteiger partial charge in [-0.05, 0) is 24.6 Å². The van der Waals surface area contributed by atoms with Gasteiger partial charge < -0.3 is 11.1 Å². The molecule has 0 aliphatic rings. The van der Waals surface area contributed by atoms with Gasteiger partial charge in [-0.25, -0.2) is 0 Å². The van der Waals surface area contributed by atoms with Crippen molar-refractivity contribution in [3.8, 4) is 0 Å². The summed E-state index contributed by atoms with van der Waals surface area (Å²) in [4.78, 5) is 12.3. The van der Waals surface area contributed by atoms with Gasteiger partial charge in [0.05, 0.1) is 5.56 Å². The van der Waals surface area contributed by atoms with Crippen molar-refractivity contribution >= 4 is 11.6 Å². The number of amides is 1. The molecule has 0 radical (unpaired) electrons. The van der Waals surface area contributed by atoms with Crippen LogP contribution in [0, 0.1) is 6.92 Å². The number of hydrogen-bond acceptors (Lipinski definition) is 2. The largest absolute Gasteiger partial charge is 0.398 e. The fourth-order valence-corrected chi connectivity index (χ4v) is 2.25. The van der Waals surface area contributed by atoms with E-state index >= 15 is 0 Å². The molecule has 3 N–H and O–H groups in total. The molecule has 2 rings (SSSR count). The Morgan fingerprint density at radius 2 is 1.81 bits per heavy atom. The molecule has 3 heteroatoms. The highest BCUT2D eigenvalue weighted by molar-refractivity contribution is 5.99. The third kappa shape index (κ3) is 3.63. The lowest BCUT2D eigenvalue weighted by Gasteiger charge is -2.25. The van der Waals surface area contributed by atoms with Gasteiger partial charge in [-0.15, -0.1) is 0 Å². The van der Waals surface area contributed by atoms with Gasteiger partial charge >= 0.3 is 0 Å². The number of nitrogens with two attached hydrogens (primary N) is 1. The first-order valence-corrected chi connectivity index (χ1v) is 7.10. The lowest BCUT2D eigenvalue weighted by molar-refractivity contribution is 0.0946. The minimum atomic E-state index is -0.129. The summed E-state index contributed by atoms with van der Waals surface area (Å²) in [5.74, 6) is -0.125. The molecule has 0 aromatic heterocycles. The molecule has 0 spiro atoms. The standard InChI is InChI=1S/C18H22N2O/c1-13-9-10-16(19)15(11-13)17(21)20-12-18(2,3)14-7-5-4-6-8-14/h4-11H,12,19H2,1-3H3,(H,20,21). The predicted octanol–water partition coefficient (Wildman–Crippen LogP) is 3.28. The van der Waals surface area contributed by atoms with Crippen LogP contribution < -0.4 is 11.1 Å². The van der Waals surface area contributed by atoms with Crippen LogP contribution in [-0.4, -0.2) is 12.5 Å². The fourth-order valence-electron chi connectivity index (χ4n) is 2.25. The molecule has 0 fully saturated rings. The normalized spacial score (nSPS) is 11.2. The number of nitrogen functional groups attached to an aromatic ring is 1. The molecule has 110 valence electrons. The van der Waals surface area contributed by atoms with Crippen molar-refractivity contribution in [2.45, 2.75) is 26.2 Å². The highest BCUT2D eigenvalue weighted by Gasteiger charge is 2.21. The van der Waals surface area contributed by atoms with Gasteiger partial charge in [0.2, 0.25) is 0 Å². The van der Waals surface area contributed by atoms with E-state index in [9.17, 15) is 4.79 Å². The van der Waals surface area contributed by atoms with E-state index in [1.807, 2.05) is 37.3 Å². The third-order valence-corrected chi connectivity index (χ3v) is 3.70. The summed E-state index contributed by atoms with van der Waals surface area (Å²) in [6, 6.07) is 15.7. The smallest absolute Gasteiger partial charge is 0.253 e. The molecule has 3 nitrogen and oxygen atoms in total. The van der Waals surface area contributed by atoms with Crippen LogP contribution >= 0.6 is 0 Å². The number of carbonyl (C=O) groups is 1. The van der Waals surface area contributed by atoms with Gasteiger partial charge in [0.1, 0.15) is 0 Å². The van der Waals surface area contributed by atoms with Gasteiger partial charge in [-0.3, -0.25) is 4.79 Å². The second-order valence-corrected chi connectivity index (χ2v) is 6.02. The topological polar surface area (TPSA) is 55.1 Å². The molecular formula is C18H22N2O. The van der Waals surface area contributed by atoms with Crippen LogP contribution in [0.2, 0.25) is 0 Å². The molecule has 0 aliphatic heterocycles. The Morgan fingerprint density at radius 1 is 1.14 bits per heavy atom. The van der Waals surface area contributed by atoms with Gasteiger partial charge in [0.25, 0.3) is 5.91 Å². The Bertz CT molecular complexity index is 633. The molecule has 2 aromatic rings. The average molecular weight is 282 g/mol. The number of aryl methyl sites for hydroxylation is 1. The zero-order valence-electron chi connectivity index (χ0n) is 12.8. The molecule has 0 heterocycles. The van der Waals surface area contributed by atoms with Gasteiger partial charge in [0.15, 0.2) is 0 Å². The molecule has 21 heavy (non-hydrogen) atoms. The first kappa shape index (κ1) is 15.1. The van der Waals surface area contributed by atoms with Crippen LogP contribution in [-0.2, 0) is 5.41 Å². The van der Waals surface area contributed by atoms with E-state index in [0.29, 0.717) is 17.8 Å². The van der Waals surface area contributed by atoms with E-state index in [1.54, 1.807) is 6.07 Å². The maximum atomic E-state index is 12.3. The monoisotopic (exact) mass is 282 g/mol. The average Bonchev–Trinajstić information content (AvgIpc) is 2.48. The second kappa shape index (κ2) is 6.00. The highest BCUT2D eigenvalue weighted by Crippen LogP contribution is 2.22. The molecule has 0 bridgehead atoms. The zero-order chi connectivity index (χ0) is 15.5. The van der Waals surface area contributed by atoms with Crippen molar-refractivity contribution in [1.82, 2.24) is 5.32 Å². The zero-order valence-corrected chi connectivity index (χ0v) is 12.8. The van der Waals surface area contributed by atoms with Crippen LogP contribution in [0.5, 0.6) is 0 Å². The molecule has 0 unspecified atom stereocenters. The first-order valence-electron chi connectivity index (χ1n) is 7.10. The first-order chi connectivity index (χ1) is 9.90. The Hall–Kier alpha value is -2.29. The summed E-state index contributed by atoms with van der Waals surface area (Å²) in [5.41, 5.74) is 9.02. The Balaban J connectivity index is 2.09. The van der Waals surface area contributed by atoms with Crippen molar-refractivity contribution < 1.29 is 4.79 Å². The molecule has 0 saturated carbocycles. The van der Waals surface area contributed by atoms with E-state index in [2.05, 4.69) is 31.3 Å². The van der Waals surface area contributed by atoms with Crippen LogP contribution in [0.4, 0.5) is 5.69 Å². The number of anilines is 1. The minimum absolute atomic E-state index is 0.125. The molecule has 0 atom stereocenters. The van der Waals surface area contributed by atoms with Crippen molar-refractivity contribution in [3.63, 3.8) is 0 Å². The lowest BCUT2D eigenvalue weighted by atomic mass is 9.84. The van der Waals surface area contributed by atoms with E-state index < -0.39 is 0 Å². The van der Waals surface area contributed by atoms with E-state index in [0.717, 1.165) is 5.56 Å². The maximum absolute atomic E-state index is 12.3. The number of nitrogens with one attached hydrogen (secondary N) is 1. The third-order valence-electron chi connectivity index (χ3n) is 3.70. The Kier molecular flexibility index (Phi) is 4.32.